The summed E-state index contributed by atoms with van der Waals surface area (Å²) >= 11 is 0. The molecule has 2 heterocycles. The van der Waals surface area contributed by atoms with Gasteiger partial charge in [0.15, 0.2) is 0 Å². The van der Waals surface area contributed by atoms with Crippen molar-refractivity contribution in [3.05, 3.63) is 65.5 Å². The van der Waals surface area contributed by atoms with Crippen LogP contribution in [0.15, 0.2) is 48.7 Å². The Kier molecular flexibility index (Phi) is 6.38. The van der Waals surface area contributed by atoms with Gasteiger partial charge >= 0.3 is 5.97 Å². The number of nitrogens with zero attached hydrogens (tertiary/aromatic N) is 1. The summed E-state index contributed by atoms with van der Waals surface area (Å²) in [7, 11) is 0. The van der Waals surface area contributed by atoms with Gasteiger partial charge in [0, 0.05) is 26.0 Å². The minimum Gasteiger partial charge on any atom is -0.478 e. The summed E-state index contributed by atoms with van der Waals surface area (Å²) in [6.07, 6.45) is 2.89. The number of rotatable bonds is 7. The number of aromatic carboxylic acids is 1. The minimum absolute atomic E-state index is 0.0819. The number of carboxylic acid groups (broad SMARTS) is 1. The van der Waals surface area contributed by atoms with Crippen LogP contribution >= 0.6 is 0 Å². The number of benzene rings is 1. The molecule has 1 atom stereocenters. The van der Waals surface area contributed by atoms with E-state index in [2.05, 4.69) is 15.6 Å². The van der Waals surface area contributed by atoms with Gasteiger partial charge in [-0.05, 0) is 49.6 Å². The summed E-state index contributed by atoms with van der Waals surface area (Å²) in [5, 5.41) is 15.5. The molecule has 1 aliphatic heterocycles. The van der Waals surface area contributed by atoms with Gasteiger partial charge in [-0.25, -0.2) is 4.79 Å². The number of ether oxygens (including phenoxy) is 1. The molecular formula is C21H25N3O4. The topological polar surface area (TPSA) is 101 Å². The maximum absolute atomic E-state index is 13.2. The Morgan fingerprint density at radius 1 is 1.18 bits per heavy atom. The van der Waals surface area contributed by atoms with E-state index in [0.717, 1.165) is 11.3 Å². The van der Waals surface area contributed by atoms with Crippen LogP contribution in [0.3, 0.4) is 0 Å². The third-order valence-corrected chi connectivity index (χ3v) is 5.12. The fourth-order valence-electron chi connectivity index (χ4n) is 3.30. The average Bonchev–Trinajstić information content (AvgIpc) is 2.73. The van der Waals surface area contributed by atoms with Gasteiger partial charge in [-0.1, -0.05) is 18.2 Å². The first-order valence-corrected chi connectivity index (χ1v) is 9.37. The third kappa shape index (κ3) is 4.74. The number of carboxylic acids is 1. The van der Waals surface area contributed by atoms with Crippen LogP contribution in [0.4, 0.5) is 0 Å². The van der Waals surface area contributed by atoms with Crippen LogP contribution in [0.1, 0.15) is 47.4 Å². The van der Waals surface area contributed by atoms with Crippen LogP contribution in [-0.2, 0) is 16.1 Å². The Labute approximate surface area is 164 Å². The quantitative estimate of drug-likeness (QED) is 0.678. The highest BCUT2D eigenvalue weighted by Crippen LogP contribution is 2.24. The Morgan fingerprint density at radius 3 is 2.50 bits per heavy atom. The lowest BCUT2D eigenvalue weighted by Crippen LogP contribution is -2.59. The molecule has 7 heteroatoms. The van der Waals surface area contributed by atoms with E-state index in [0.29, 0.717) is 32.6 Å². The van der Waals surface area contributed by atoms with Crippen LogP contribution in [0.25, 0.3) is 0 Å². The van der Waals surface area contributed by atoms with Crippen molar-refractivity contribution in [2.75, 3.05) is 13.2 Å². The zero-order valence-corrected chi connectivity index (χ0v) is 15.9. The molecule has 28 heavy (non-hydrogen) atoms. The van der Waals surface area contributed by atoms with E-state index in [1.165, 1.54) is 0 Å². The summed E-state index contributed by atoms with van der Waals surface area (Å²) in [6, 6.07) is 12.0. The second-order valence-corrected chi connectivity index (χ2v) is 6.99. The fourth-order valence-corrected chi connectivity index (χ4v) is 3.30. The molecule has 3 N–H and O–H groups in total. The summed E-state index contributed by atoms with van der Waals surface area (Å²) in [5.41, 5.74) is 1.23. The molecule has 1 aliphatic rings. The molecule has 0 bridgehead atoms. The van der Waals surface area contributed by atoms with Crippen molar-refractivity contribution in [3.63, 3.8) is 0 Å². The molecule has 0 radical (unpaired) electrons. The summed E-state index contributed by atoms with van der Waals surface area (Å²) in [6.45, 7) is 3.42. The molecule has 1 fully saturated rings. The zero-order chi connectivity index (χ0) is 20.0. The average molecular weight is 383 g/mol. The third-order valence-electron chi connectivity index (χ3n) is 5.12. The highest BCUT2D eigenvalue weighted by molar-refractivity contribution is 5.88. The zero-order valence-electron chi connectivity index (χ0n) is 15.9. The molecule has 1 saturated heterocycles. The number of pyridine rings is 1. The van der Waals surface area contributed by atoms with E-state index in [1.54, 1.807) is 30.5 Å². The Bertz CT molecular complexity index is 802. The van der Waals surface area contributed by atoms with Gasteiger partial charge in [0.05, 0.1) is 17.3 Å². The van der Waals surface area contributed by atoms with E-state index in [-0.39, 0.29) is 17.5 Å². The summed E-state index contributed by atoms with van der Waals surface area (Å²) < 4.78 is 5.46. The lowest BCUT2D eigenvalue weighted by molar-refractivity contribution is -0.132. The van der Waals surface area contributed by atoms with E-state index in [4.69, 9.17) is 9.84 Å². The van der Waals surface area contributed by atoms with Crippen molar-refractivity contribution in [3.8, 4) is 0 Å². The standard InChI is InChI=1S/C21H25N3O4/c1-15(16-5-7-17(8-6-16)19(25)26)24-20(27)21(9-12-28-13-10-21)23-14-18-4-2-3-11-22-18/h2-8,11,15,23H,9-10,12-14H2,1H3,(H,24,27)(H,25,26). The van der Waals surface area contributed by atoms with Crippen molar-refractivity contribution in [1.29, 1.82) is 0 Å². The molecule has 1 amide bonds. The molecule has 1 aromatic carbocycles. The van der Waals surface area contributed by atoms with Gasteiger partial charge in [-0.2, -0.15) is 0 Å². The molecule has 0 aliphatic carbocycles. The van der Waals surface area contributed by atoms with E-state index in [1.807, 2.05) is 25.1 Å². The number of carbonyl (C=O) groups is 2. The second-order valence-electron chi connectivity index (χ2n) is 6.99. The van der Waals surface area contributed by atoms with Crippen molar-refractivity contribution < 1.29 is 19.4 Å². The molecule has 2 aromatic rings. The highest BCUT2D eigenvalue weighted by atomic mass is 16.5. The molecule has 0 spiro atoms. The largest absolute Gasteiger partial charge is 0.478 e. The molecular weight excluding hydrogens is 358 g/mol. The number of amides is 1. The lowest BCUT2D eigenvalue weighted by Gasteiger charge is -2.37. The molecule has 148 valence electrons. The number of hydrogen-bond donors (Lipinski definition) is 3. The van der Waals surface area contributed by atoms with Gasteiger partial charge in [-0.3, -0.25) is 15.1 Å². The summed E-state index contributed by atoms with van der Waals surface area (Å²) in [4.78, 5) is 28.5. The number of nitrogens with one attached hydrogen (secondary N) is 2. The molecule has 7 nitrogen and oxygen atoms in total. The fraction of sp³-hybridized carbons (Fsp3) is 0.381. The number of aromatic nitrogens is 1. The molecule has 0 saturated carbocycles. The first-order chi connectivity index (χ1) is 13.5. The van der Waals surface area contributed by atoms with Crippen LogP contribution in [0.2, 0.25) is 0 Å². The predicted octanol–water partition coefficient (Wildman–Crippen LogP) is 2.30. The van der Waals surface area contributed by atoms with Gasteiger partial charge in [0.2, 0.25) is 5.91 Å². The SMILES string of the molecule is CC(NC(=O)C1(NCc2ccccn2)CCOCC1)c1ccc(C(=O)O)cc1. The second kappa shape index (κ2) is 8.95. The van der Waals surface area contributed by atoms with Crippen molar-refractivity contribution >= 4 is 11.9 Å². The van der Waals surface area contributed by atoms with E-state index >= 15 is 0 Å². The normalized spacial score (nSPS) is 16.9. The van der Waals surface area contributed by atoms with Crippen molar-refractivity contribution in [1.82, 2.24) is 15.6 Å². The Morgan fingerprint density at radius 2 is 1.89 bits per heavy atom. The Hall–Kier alpha value is -2.77. The minimum atomic E-state index is -0.969. The van der Waals surface area contributed by atoms with Crippen LogP contribution in [0.5, 0.6) is 0 Å². The highest BCUT2D eigenvalue weighted by Gasteiger charge is 2.40. The molecule has 1 unspecified atom stereocenters. The van der Waals surface area contributed by atoms with Crippen LogP contribution in [0, 0.1) is 0 Å². The van der Waals surface area contributed by atoms with E-state index < -0.39 is 11.5 Å². The van der Waals surface area contributed by atoms with Gasteiger partial charge in [0.1, 0.15) is 5.54 Å². The monoisotopic (exact) mass is 383 g/mol. The molecule has 3 rings (SSSR count). The maximum Gasteiger partial charge on any atom is 0.335 e. The van der Waals surface area contributed by atoms with Gasteiger partial charge < -0.3 is 15.2 Å². The first kappa shape index (κ1) is 20.0. The van der Waals surface area contributed by atoms with Crippen molar-refractivity contribution in [2.24, 2.45) is 0 Å². The van der Waals surface area contributed by atoms with E-state index in [9.17, 15) is 9.59 Å². The van der Waals surface area contributed by atoms with Crippen molar-refractivity contribution in [2.45, 2.75) is 37.9 Å². The summed E-state index contributed by atoms with van der Waals surface area (Å²) in [5.74, 6) is -1.05. The number of carbonyl (C=O) groups excluding carboxylic acids is 1. The van der Waals surface area contributed by atoms with Crippen LogP contribution < -0.4 is 10.6 Å². The number of hydrogen-bond acceptors (Lipinski definition) is 5. The smallest absolute Gasteiger partial charge is 0.335 e. The first-order valence-electron chi connectivity index (χ1n) is 9.37. The Balaban J connectivity index is 1.69. The maximum atomic E-state index is 13.2. The van der Waals surface area contributed by atoms with Gasteiger partial charge in [0.25, 0.3) is 0 Å². The molecule has 1 aromatic heterocycles. The van der Waals surface area contributed by atoms with Crippen LogP contribution in [-0.4, -0.2) is 40.7 Å². The lowest BCUT2D eigenvalue weighted by atomic mass is 9.88. The predicted molar refractivity (Wildman–Crippen MR) is 104 cm³/mol. The van der Waals surface area contributed by atoms with Gasteiger partial charge in [-0.15, -0.1) is 0 Å².